The molecule has 1 aromatic rings. The smallest absolute Gasteiger partial charge is 0.239 e. The van der Waals surface area contributed by atoms with Crippen molar-refractivity contribution in [1.29, 1.82) is 5.41 Å². The van der Waals surface area contributed by atoms with E-state index >= 15 is 0 Å². The minimum atomic E-state index is -3.80. The average Bonchev–Trinajstić information content (AvgIpc) is 2.54. The van der Waals surface area contributed by atoms with Crippen molar-refractivity contribution in [2.24, 2.45) is 10.9 Å². The van der Waals surface area contributed by atoms with Crippen LogP contribution in [0.15, 0.2) is 21.5 Å². The molecule has 1 aromatic carbocycles. The first kappa shape index (κ1) is 12.9. The van der Waals surface area contributed by atoms with Crippen molar-refractivity contribution in [3.63, 3.8) is 0 Å². The average molecular weight is 335 g/mol. The Morgan fingerprint density at radius 1 is 1.39 bits per heavy atom. The van der Waals surface area contributed by atoms with Gasteiger partial charge in [0, 0.05) is 4.47 Å². The minimum absolute atomic E-state index is 0.0148. The molecule has 0 aliphatic carbocycles. The Morgan fingerprint density at radius 3 is 2.44 bits per heavy atom. The van der Waals surface area contributed by atoms with E-state index in [0.717, 1.165) is 0 Å². The molecule has 8 nitrogen and oxygen atoms in total. The predicted octanol–water partition coefficient (Wildman–Crippen LogP) is -0.299. The van der Waals surface area contributed by atoms with Gasteiger partial charge < -0.3 is 21.7 Å². The molecule has 1 aliphatic heterocycles. The predicted molar refractivity (Wildman–Crippen MR) is 71.6 cm³/mol. The third kappa shape index (κ3) is 2.49. The van der Waals surface area contributed by atoms with E-state index in [1.807, 2.05) is 0 Å². The highest BCUT2D eigenvalue weighted by Crippen LogP contribution is 2.35. The summed E-state index contributed by atoms with van der Waals surface area (Å²) in [6.07, 6.45) is -0.472. The van der Waals surface area contributed by atoms with E-state index in [4.69, 9.17) is 16.3 Å². The maximum Gasteiger partial charge on any atom is 0.239 e. The number of nitrogens with two attached hydrogens (primary N) is 2. The van der Waals surface area contributed by atoms with Crippen LogP contribution in [0.5, 0.6) is 0 Å². The Hall–Kier alpha value is -1.52. The Morgan fingerprint density at radius 2 is 1.94 bits per heavy atom. The second kappa shape index (κ2) is 4.30. The number of nitrogens with one attached hydrogen (secondary N) is 4. The number of hydrogen-bond donors (Lipinski definition) is 6. The first-order chi connectivity index (χ1) is 8.27. The number of rotatable bonds is 2. The first-order valence-electron chi connectivity index (χ1n) is 4.77. The van der Waals surface area contributed by atoms with Crippen LogP contribution in [0.4, 0.5) is 11.4 Å². The molecule has 8 N–H and O–H groups in total. The van der Waals surface area contributed by atoms with Crippen LogP contribution in [-0.4, -0.2) is 20.7 Å². The molecular formula is C8H11BrN6O2S. The second-order valence-electron chi connectivity index (χ2n) is 3.65. The van der Waals surface area contributed by atoms with Crippen molar-refractivity contribution >= 4 is 43.3 Å². The number of anilines is 2. The van der Waals surface area contributed by atoms with Crippen LogP contribution in [0.2, 0.25) is 0 Å². The molecule has 0 saturated heterocycles. The summed E-state index contributed by atoms with van der Waals surface area (Å²) in [7, 11) is -3.80. The Balaban J connectivity index is 2.35. The maximum absolute atomic E-state index is 11.3. The fourth-order valence-electron chi connectivity index (χ4n) is 1.59. The second-order valence-corrected chi connectivity index (χ2v) is 6.04. The van der Waals surface area contributed by atoms with Gasteiger partial charge in [-0.05, 0) is 28.1 Å². The number of primary sulfonamides is 1. The maximum atomic E-state index is 11.3. The highest BCUT2D eigenvalue weighted by molar-refractivity contribution is 9.10. The largest absolute Gasteiger partial charge is 0.370 e. The van der Waals surface area contributed by atoms with Crippen LogP contribution in [0.3, 0.4) is 0 Å². The normalized spacial score (nSPS) is 17.6. The summed E-state index contributed by atoms with van der Waals surface area (Å²) in [4.78, 5) is -0.0148. The molecule has 0 bridgehead atoms. The van der Waals surface area contributed by atoms with E-state index in [2.05, 4.69) is 31.9 Å². The highest BCUT2D eigenvalue weighted by Gasteiger charge is 2.23. The van der Waals surface area contributed by atoms with Crippen molar-refractivity contribution in [3.8, 4) is 0 Å². The molecule has 0 fully saturated rings. The van der Waals surface area contributed by atoms with Gasteiger partial charge in [-0.1, -0.05) is 0 Å². The van der Waals surface area contributed by atoms with Gasteiger partial charge in [0.05, 0.1) is 16.3 Å². The summed E-state index contributed by atoms with van der Waals surface area (Å²) in [5, 5.41) is 20.7. The van der Waals surface area contributed by atoms with E-state index in [-0.39, 0.29) is 10.9 Å². The summed E-state index contributed by atoms with van der Waals surface area (Å²) in [5.74, 6) is -0.210. The Kier molecular flexibility index (Phi) is 3.09. The zero-order valence-electron chi connectivity index (χ0n) is 8.99. The van der Waals surface area contributed by atoms with E-state index in [0.29, 0.717) is 15.8 Å². The third-order valence-electron chi connectivity index (χ3n) is 2.28. The summed E-state index contributed by atoms with van der Waals surface area (Å²) >= 11 is 3.14. The number of guanidine groups is 1. The number of fused-ring (bicyclic) bond motifs is 1. The van der Waals surface area contributed by atoms with Gasteiger partial charge in [-0.15, -0.1) is 0 Å². The quantitative estimate of drug-likeness (QED) is 0.323. The SMILES string of the molecule is N=C(N)NC1Nc2cc(Br)c(S(N)(=O)=O)cc2N1. The number of sulfonamides is 1. The molecule has 1 heterocycles. The number of halogens is 1. The van der Waals surface area contributed by atoms with E-state index < -0.39 is 16.3 Å². The molecule has 1 unspecified atom stereocenters. The van der Waals surface area contributed by atoms with E-state index in [9.17, 15) is 8.42 Å². The number of benzene rings is 1. The standard InChI is InChI=1S/C8H11BrN6O2S/c9-3-1-4-5(2-6(3)18(12,16)17)14-8(13-4)15-7(10)11/h1-2,8,13-14H,(H4,10,11,15)(H2,12,16,17). The van der Waals surface area contributed by atoms with Crippen LogP contribution < -0.4 is 26.8 Å². The lowest BCUT2D eigenvalue weighted by Gasteiger charge is -2.13. The lowest BCUT2D eigenvalue weighted by Crippen LogP contribution is -2.45. The van der Waals surface area contributed by atoms with Crippen molar-refractivity contribution in [2.45, 2.75) is 11.2 Å². The molecule has 10 heteroatoms. The van der Waals surface area contributed by atoms with E-state index in [1.165, 1.54) is 6.07 Å². The molecule has 1 aliphatic rings. The Bertz CT molecular complexity index is 616. The van der Waals surface area contributed by atoms with Gasteiger partial charge in [0.2, 0.25) is 10.0 Å². The molecule has 0 saturated carbocycles. The summed E-state index contributed by atoms with van der Waals surface area (Å²) in [6, 6.07) is 2.99. The van der Waals surface area contributed by atoms with Gasteiger partial charge in [-0.25, -0.2) is 13.6 Å². The molecule has 2 rings (SSSR count). The summed E-state index contributed by atoms with van der Waals surface area (Å²) < 4.78 is 23.0. The van der Waals surface area contributed by atoms with Crippen molar-refractivity contribution in [2.75, 3.05) is 10.6 Å². The van der Waals surface area contributed by atoms with Gasteiger partial charge >= 0.3 is 0 Å². The Labute approximate surface area is 112 Å². The van der Waals surface area contributed by atoms with Gasteiger partial charge in [-0.2, -0.15) is 0 Å². The molecule has 1 atom stereocenters. The topological polar surface area (TPSA) is 146 Å². The van der Waals surface area contributed by atoms with Crippen LogP contribution in [0.25, 0.3) is 0 Å². The van der Waals surface area contributed by atoms with Crippen LogP contribution >= 0.6 is 15.9 Å². The monoisotopic (exact) mass is 334 g/mol. The summed E-state index contributed by atoms with van der Waals surface area (Å²) in [5.41, 5.74) is 6.43. The number of hydrogen-bond acceptors (Lipinski definition) is 5. The molecule has 0 spiro atoms. The first-order valence-corrected chi connectivity index (χ1v) is 7.11. The molecule has 0 radical (unpaired) electrons. The van der Waals surface area contributed by atoms with Gasteiger partial charge in [-0.3, -0.25) is 5.41 Å². The van der Waals surface area contributed by atoms with Crippen LogP contribution in [-0.2, 0) is 10.0 Å². The lowest BCUT2D eigenvalue weighted by molar-refractivity contribution is 0.597. The van der Waals surface area contributed by atoms with Gasteiger partial charge in [0.25, 0.3) is 0 Å². The molecular weight excluding hydrogens is 324 g/mol. The third-order valence-corrected chi connectivity index (χ3v) is 4.15. The zero-order chi connectivity index (χ0) is 13.5. The van der Waals surface area contributed by atoms with Gasteiger partial charge in [0.1, 0.15) is 0 Å². The van der Waals surface area contributed by atoms with Crippen molar-refractivity contribution < 1.29 is 8.42 Å². The summed E-state index contributed by atoms with van der Waals surface area (Å²) in [6.45, 7) is 0. The van der Waals surface area contributed by atoms with E-state index in [1.54, 1.807) is 6.07 Å². The minimum Gasteiger partial charge on any atom is -0.370 e. The zero-order valence-corrected chi connectivity index (χ0v) is 11.4. The fraction of sp³-hybridized carbons (Fsp3) is 0.125. The highest BCUT2D eigenvalue weighted by atomic mass is 79.9. The molecule has 98 valence electrons. The fourth-order valence-corrected chi connectivity index (χ4v) is 3.22. The van der Waals surface area contributed by atoms with Gasteiger partial charge in [0.15, 0.2) is 12.2 Å². The van der Waals surface area contributed by atoms with Crippen LogP contribution in [0, 0.1) is 5.41 Å². The molecule has 0 aromatic heterocycles. The van der Waals surface area contributed by atoms with Crippen molar-refractivity contribution in [3.05, 3.63) is 16.6 Å². The lowest BCUT2D eigenvalue weighted by atomic mass is 10.3. The molecule has 0 amide bonds. The molecule has 18 heavy (non-hydrogen) atoms. The van der Waals surface area contributed by atoms with Crippen LogP contribution in [0.1, 0.15) is 0 Å². The van der Waals surface area contributed by atoms with Crippen molar-refractivity contribution in [1.82, 2.24) is 5.32 Å².